The molecule has 0 spiro atoms. The summed E-state index contributed by atoms with van der Waals surface area (Å²) in [5.41, 5.74) is 0. The molecule has 1 aliphatic rings. The topological polar surface area (TPSA) is 75.3 Å². The van der Waals surface area contributed by atoms with Crippen molar-refractivity contribution in [3.63, 3.8) is 0 Å². The quantitative estimate of drug-likeness (QED) is 0.577. The fraction of sp³-hybridized carbons (Fsp3) is 0.857. The molecule has 0 bridgehead atoms. The molecular weight excluding hydrogens is 192 g/mol. The van der Waals surface area contributed by atoms with Gasteiger partial charge in [-0.3, -0.25) is 4.79 Å². The number of sulfone groups is 1. The molecule has 0 aromatic rings. The Hall–Kier alpha value is -0.620. The van der Waals surface area contributed by atoms with Gasteiger partial charge in [0.2, 0.25) is 5.91 Å². The van der Waals surface area contributed by atoms with E-state index in [0.29, 0.717) is 6.54 Å². The summed E-state index contributed by atoms with van der Waals surface area (Å²) in [4.78, 5) is 10.9. The van der Waals surface area contributed by atoms with Crippen molar-refractivity contribution in [3.05, 3.63) is 0 Å². The Morgan fingerprint density at radius 1 is 1.62 bits per heavy atom. The van der Waals surface area contributed by atoms with E-state index < -0.39 is 9.84 Å². The van der Waals surface area contributed by atoms with E-state index in [1.165, 1.54) is 0 Å². The average molecular weight is 206 g/mol. The zero-order valence-corrected chi connectivity index (χ0v) is 8.36. The van der Waals surface area contributed by atoms with Crippen LogP contribution < -0.4 is 10.6 Å². The molecule has 1 amide bonds. The highest BCUT2D eigenvalue weighted by Gasteiger charge is 2.25. The molecule has 1 fully saturated rings. The number of rotatable bonds is 2. The first-order chi connectivity index (χ1) is 6.03. The predicted molar refractivity (Wildman–Crippen MR) is 49.1 cm³/mol. The molecule has 0 unspecified atom stereocenters. The highest BCUT2D eigenvalue weighted by molar-refractivity contribution is 7.91. The van der Waals surface area contributed by atoms with Crippen molar-refractivity contribution in [3.8, 4) is 0 Å². The Kier molecular flexibility index (Phi) is 3.27. The molecule has 1 aliphatic heterocycles. The van der Waals surface area contributed by atoms with Gasteiger partial charge >= 0.3 is 0 Å². The summed E-state index contributed by atoms with van der Waals surface area (Å²) in [5.74, 6) is 0.118. The third-order valence-electron chi connectivity index (χ3n) is 2.01. The fourth-order valence-corrected chi connectivity index (χ4v) is 2.77. The smallest absolute Gasteiger partial charge is 0.221 e. The number of carbonyl (C=O) groups excluding carboxylic acids is 1. The van der Waals surface area contributed by atoms with Gasteiger partial charge in [-0.1, -0.05) is 0 Å². The zero-order valence-electron chi connectivity index (χ0n) is 7.54. The lowest BCUT2D eigenvalue weighted by Gasteiger charge is -2.22. The second-order valence-electron chi connectivity index (χ2n) is 3.14. The summed E-state index contributed by atoms with van der Waals surface area (Å²) >= 11 is 0. The molecule has 13 heavy (non-hydrogen) atoms. The van der Waals surface area contributed by atoms with E-state index in [4.69, 9.17) is 0 Å². The highest BCUT2D eigenvalue weighted by atomic mass is 32.2. The number of nitrogens with one attached hydrogen (secondary N) is 2. The van der Waals surface area contributed by atoms with Crippen LogP contribution in [0.2, 0.25) is 0 Å². The van der Waals surface area contributed by atoms with Crippen LogP contribution in [0, 0.1) is 0 Å². The van der Waals surface area contributed by atoms with Crippen molar-refractivity contribution in [2.24, 2.45) is 0 Å². The maximum absolute atomic E-state index is 11.2. The van der Waals surface area contributed by atoms with Gasteiger partial charge in [0.25, 0.3) is 0 Å². The third-order valence-corrected chi connectivity index (χ3v) is 3.75. The molecule has 0 aromatic heterocycles. The van der Waals surface area contributed by atoms with Crippen LogP contribution in [0.5, 0.6) is 0 Å². The van der Waals surface area contributed by atoms with E-state index in [1.807, 2.05) is 0 Å². The highest BCUT2D eigenvalue weighted by Crippen LogP contribution is 2.04. The number of hydrogen-bond donors (Lipinski definition) is 2. The van der Waals surface area contributed by atoms with Crippen molar-refractivity contribution >= 4 is 15.7 Å². The predicted octanol–water partition coefficient (Wildman–Crippen LogP) is -1.49. The third kappa shape index (κ3) is 3.31. The lowest BCUT2D eigenvalue weighted by Crippen LogP contribution is -2.47. The van der Waals surface area contributed by atoms with Crippen molar-refractivity contribution in [1.82, 2.24) is 10.6 Å². The van der Waals surface area contributed by atoms with Crippen LogP contribution in [0.3, 0.4) is 0 Å². The average Bonchev–Trinajstić information content (AvgIpc) is 2.02. The van der Waals surface area contributed by atoms with Crippen LogP contribution in [0.25, 0.3) is 0 Å². The van der Waals surface area contributed by atoms with Crippen LogP contribution in [-0.2, 0) is 14.6 Å². The van der Waals surface area contributed by atoms with Crippen LogP contribution in [0.4, 0.5) is 0 Å². The van der Waals surface area contributed by atoms with Gasteiger partial charge in [0.05, 0.1) is 11.5 Å². The molecule has 0 radical (unpaired) electrons. The van der Waals surface area contributed by atoms with E-state index in [9.17, 15) is 13.2 Å². The molecular formula is C7H14N2O3S. The monoisotopic (exact) mass is 206 g/mol. The SMILES string of the molecule is CNC(=O)C[C@H]1CS(=O)(=O)CCN1. The van der Waals surface area contributed by atoms with Gasteiger partial charge in [-0.15, -0.1) is 0 Å². The van der Waals surface area contributed by atoms with Gasteiger partial charge in [-0.2, -0.15) is 0 Å². The molecule has 6 heteroatoms. The van der Waals surface area contributed by atoms with Gasteiger partial charge in [-0.05, 0) is 0 Å². The van der Waals surface area contributed by atoms with Crippen LogP contribution in [0.1, 0.15) is 6.42 Å². The summed E-state index contributed by atoms with van der Waals surface area (Å²) in [6, 6.07) is -0.223. The van der Waals surface area contributed by atoms with Crippen molar-refractivity contribution in [2.45, 2.75) is 12.5 Å². The van der Waals surface area contributed by atoms with Gasteiger partial charge in [0.1, 0.15) is 0 Å². The maximum atomic E-state index is 11.2. The minimum atomic E-state index is -2.93. The normalized spacial score (nSPS) is 26.7. The fourth-order valence-electron chi connectivity index (χ4n) is 1.32. The second-order valence-corrected chi connectivity index (χ2v) is 5.37. The van der Waals surface area contributed by atoms with Crippen molar-refractivity contribution in [2.75, 3.05) is 25.1 Å². The largest absolute Gasteiger partial charge is 0.359 e. The van der Waals surface area contributed by atoms with Crippen molar-refractivity contribution < 1.29 is 13.2 Å². The number of hydrogen-bond acceptors (Lipinski definition) is 4. The summed E-state index contributed by atoms with van der Waals surface area (Å²) in [6.45, 7) is 0.448. The molecule has 1 heterocycles. The van der Waals surface area contributed by atoms with Crippen LogP contribution >= 0.6 is 0 Å². The Bertz CT molecular complexity index is 286. The molecule has 1 saturated heterocycles. The molecule has 1 atom stereocenters. The van der Waals surface area contributed by atoms with Crippen LogP contribution in [-0.4, -0.2) is 45.5 Å². The second kappa shape index (κ2) is 4.06. The first-order valence-electron chi connectivity index (χ1n) is 4.18. The maximum Gasteiger partial charge on any atom is 0.221 e. The molecule has 2 N–H and O–H groups in total. The minimum absolute atomic E-state index is 0.0699. The van der Waals surface area contributed by atoms with Gasteiger partial charge in [0.15, 0.2) is 9.84 Å². The molecule has 0 aromatic carbocycles. The van der Waals surface area contributed by atoms with E-state index >= 15 is 0 Å². The Morgan fingerprint density at radius 3 is 2.85 bits per heavy atom. The first-order valence-corrected chi connectivity index (χ1v) is 6.00. The molecule has 0 aliphatic carbocycles. The van der Waals surface area contributed by atoms with E-state index in [-0.39, 0.29) is 29.9 Å². The van der Waals surface area contributed by atoms with Crippen molar-refractivity contribution in [1.29, 1.82) is 0 Å². The Balaban J connectivity index is 2.48. The molecule has 1 rings (SSSR count). The van der Waals surface area contributed by atoms with Gasteiger partial charge in [-0.25, -0.2) is 8.42 Å². The lowest BCUT2D eigenvalue weighted by molar-refractivity contribution is -0.121. The number of amides is 1. The standard InChI is InChI=1S/C7H14N2O3S/c1-8-7(10)4-6-5-13(11,12)3-2-9-6/h6,9H,2-5H2,1H3,(H,8,10)/t6-/m0/s1. The first kappa shape index (κ1) is 10.5. The van der Waals surface area contributed by atoms with Gasteiger partial charge < -0.3 is 10.6 Å². The van der Waals surface area contributed by atoms with Gasteiger partial charge in [0, 0.05) is 26.1 Å². The summed E-state index contributed by atoms with van der Waals surface area (Å²) in [7, 11) is -1.39. The molecule has 0 saturated carbocycles. The Labute approximate surface area is 77.8 Å². The summed E-state index contributed by atoms with van der Waals surface area (Å²) < 4.78 is 22.3. The van der Waals surface area contributed by atoms with Crippen LogP contribution in [0.15, 0.2) is 0 Å². The zero-order chi connectivity index (χ0) is 9.90. The summed E-state index contributed by atoms with van der Waals surface area (Å²) in [5, 5.41) is 5.47. The number of carbonyl (C=O) groups is 1. The summed E-state index contributed by atoms with van der Waals surface area (Å²) in [6.07, 6.45) is 0.232. The van der Waals surface area contributed by atoms with E-state index in [1.54, 1.807) is 7.05 Å². The molecule has 76 valence electrons. The minimum Gasteiger partial charge on any atom is -0.359 e. The van der Waals surface area contributed by atoms with E-state index in [2.05, 4.69) is 10.6 Å². The van der Waals surface area contributed by atoms with E-state index in [0.717, 1.165) is 0 Å². The molecule has 5 nitrogen and oxygen atoms in total. The Morgan fingerprint density at radius 2 is 2.31 bits per heavy atom. The lowest BCUT2D eigenvalue weighted by atomic mass is 10.2.